The van der Waals surface area contributed by atoms with E-state index >= 15 is 0 Å². The number of anilines is 1. The van der Waals surface area contributed by atoms with E-state index in [2.05, 4.69) is 4.90 Å². The maximum Gasteiger partial charge on any atom is 0.245 e. The van der Waals surface area contributed by atoms with Crippen LogP contribution in [0.25, 0.3) is 0 Å². The van der Waals surface area contributed by atoms with E-state index < -0.39 is 5.91 Å². The van der Waals surface area contributed by atoms with Gasteiger partial charge in [0.1, 0.15) is 0 Å². The number of hydroxylamine groups is 1. The van der Waals surface area contributed by atoms with Crippen LogP contribution in [0.1, 0.15) is 25.3 Å². The molecule has 6 nitrogen and oxygen atoms in total. The highest BCUT2D eigenvalue weighted by atomic mass is 35.5. The number of amides is 1. The highest BCUT2D eigenvalue weighted by Gasteiger charge is 2.14. The molecule has 1 heterocycles. The van der Waals surface area contributed by atoms with Gasteiger partial charge in [-0.2, -0.15) is 0 Å². The van der Waals surface area contributed by atoms with Gasteiger partial charge in [0.05, 0.1) is 36.4 Å². The van der Waals surface area contributed by atoms with Gasteiger partial charge in [-0.25, -0.2) is 5.48 Å². The summed E-state index contributed by atoms with van der Waals surface area (Å²) in [6.07, 6.45) is 1.51. The minimum Gasteiger partial charge on any atom is -0.378 e. The molecular formula is C23H30Cl2N2O4. The molecule has 1 unspecified atom stereocenters. The van der Waals surface area contributed by atoms with E-state index in [0.717, 1.165) is 55.4 Å². The van der Waals surface area contributed by atoms with Crippen LogP contribution in [0.15, 0.2) is 48.5 Å². The summed E-state index contributed by atoms with van der Waals surface area (Å²) in [5, 5.41) is 10.0. The van der Waals surface area contributed by atoms with Gasteiger partial charge >= 0.3 is 0 Å². The van der Waals surface area contributed by atoms with Crippen LogP contribution in [0, 0.1) is 0 Å². The molecule has 2 N–H and O–H groups in total. The quantitative estimate of drug-likeness (QED) is 0.431. The van der Waals surface area contributed by atoms with Crippen molar-refractivity contribution in [2.75, 3.05) is 37.8 Å². The van der Waals surface area contributed by atoms with Crippen LogP contribution in [0.4, 0.5) is 5.69 Å². The van der Waals surface area contributed by atoms with E-state index in [1.54, 1.807) is 5.48 Å². The van der Waals surface area contributed by atoms with E-state index in [4.69, 9.17) is 37.9 Å². The molecule has 0 bridgehead atoms. The van der Waals surface area contributed by atoms with E-state index in [-0.39, 0.29) is 12.5 Å². The van der Waals surface area contributed by atoms with Gasteiger partial charge in [0.15, 0.2) is 0 Å². The second kappa shape index (κ2) is 14.3. The maximum atomic E-state index is 11.1. The average molecular weight is 469 g/mol. The van der Waals surface area contributed by atoms with Gasteiger partial charge < -0.3 is 14.4 Å². The number of morpholine rings is 1. The molecule has 1 amide bonds. The van der Waals surface area contributed by atoms with Crippen LogP contribution in [0.5, 0.6) is 0 Å². The zero-order chi connectivity index (χ0) is 22.5. The number of para-hydroxylation sites is 1. The van der Waals surface area contributed by atoms with Crippen molar-refractivity contribution in [1.82, 2.24) is 5.48 Å². The number of ether oxygens (including phenoxy) is 2. The Morgan fingerprint density at radius 3 is 2.45 bits per heavy atom. The Kier molecular flexibility index (Phi) is 11.7. The fourth-order valence-electron chi connectivity index (χ4n) is 3.22. The normalized spacial score (nSPS) is 14.4. The standard InChI is InChI=1S/C13H18ClNO3.C10H12ClNO/c1-2-18-12(9-13(16)15-17)8-5-10-3-6-11(14)7-4-10;11-9-3-1-2-4-10(9)12-5-7-13-8-6-12/h3-4,6-7,12,17H,2,5,8-9H2,1H3,(H,15,16);1-4H,5-8H2. The Labute approximate surface area is 194 Å². The summed E-state index contributed by atoms with van der Waals surface area (Å²) in [7, 11) is 0. The number of rotatable bonds is 8. The van der Waals surface area contributed by atoms with E-state index in [0.29, 0.717) is 11.6 Å². The van der Waals surface area contributed by atoms with Crippen molar-refractivity contribution in [2.24, 2.45) is 0 Å². The number of benzene rings is 2. The van der Waals surface area contributed by atoms with Crippen molar-refractivity contribution < 1.29 is 19.5 Å². The first-order valence-electron chi connectivity index (χ1n) is 10.4. The highest BCUT2D eigenvalue weighted by Crippen LogP contribution is 2.25. The Morgan fingerprint density at radius 1 is 1.16 bits per heavy atom. The van der Waals surface area contributed by atoms with Gasteiger partial charge in [-0.15, -0.1) is 0 Å². The number of nitrogens with one attached hydrogen (secondary N) is 1. The first-order valence-corrected chi connectivity index (χ1v) is 11.1. The van der Waals surface area contributed by atoms with Crippen LogP contribution in [0.2, 0.25) is 10.0 Å². The summed E-state index contributed by atoms with van der Waals surface area (Å²) in [5.41, 5.74) is 3.89. The number of hydrogen-bond donors (Lipinski definition) is 2. The largest absolute Gasteiger partial charge is 0.378 e. The molecule has 31 heavy (non-hydrogen) atoms. The minimum atomic E-state index is -0.426. The Hall–Kier alpha value is -1.83. The predicted molar refractivity (Wildman–Crippen MR) is 124 cm³/mol. The molecule has 2 aromatic rings. The summed E-state index contributed by atoms with van der Waals surface area (Å²) in [5.74, 6) is -0.426. The minimum absolute atomic E-state index is 0.165. The first kappa shape index (κ1) is 25.4. The maximum absolute atomic E-state index is 11.1. The lowest BCUT2D eigenvalue weighted by Gasteiger charge is -2.29. The van der Waals surface area contributed by atoms with Crippen molar-refractivity contribution in [2.45, 2.75) is 32.3 Å². The molecule has 8 heteroatoms. The zero-order valence-electron chi connectivity index (χ0n) is 17.7. The lowest BCUT2D eigenvalue weighted by Crippen LogP contribution is -2.36. The molecular weight excluding hydrogens is 439 g/mol. The summed E-state index contributed by atoms with van der Waals surface area (Å²) in [6, 6.07) is 15.5. The Morgan fingerprint density at radius 2 is 1.84 bits per heavy atom. The summed E-state index contributed by atoms with van der Waals surface area (Å²) >= 11 is 11.9. The highest BCUT2D eigenvalue weighted by molar-refractivity contribution is 6.33. The van der Waals surface area contributed by atoms with Crippen LogP contribution >= 0.6 is 23.2 Å². The summed E-state index contributed by atoms with van der Waals surface area (Å²) < 4.78 is 10.7. The number of hydrogen-bond acceptors (Lipinski definition) is 5. The molecule has 170 valence electrons. The van der Waals surface area contributed by atoms with Crippen molar-refractivity contribution in [3.05, 3.63) is 64.1 Å². The van der Waals surface area contributed by atoms with E-state index in [1.807, 2.05) is 55.5 Å². The molecule has 2 aromatic carbocycles. The predicted octanol–water partition coefficient (Wildman–Crippen LogP) is 4.75. The average Bonchev–Trinajstić information content (AvgIpc) is 2.80. The third-order valence-electron chi connectivity index (χ3n) is 4.81. The lowest BCUT2D eigenvalue weighted by molar-refractivity contribution is -0.132. The molecule has 1 fully saturated rings. The van der Waals surface area contributed by atoms with Crippen molar-refractivity contribution in [1.29, 1.82) is 0 Å². The molecule has 1 aliphatic rings. The number of carbonyl (C=O) groups is 1. The van der Waals surface area contributed by atoms with Crippen LogP contribution in [-0.4, -0.2) is 50.1 Å². The third-order valence-corrected chi connectivity index (χ3v) is 5.38. The monoisotopic (exact) mass is 468 g/mol. The molecule has 3 rings (SSSR count). The molecule has 0 aromatic heterocycles. The summed E-state index contributed by atoms with van der Waals surface area (Å²) in [4.78, 5) is 13.4. The molecule has 1 atom stereocenters. The molecule has 0 aliphatic carbocycles. The molecule has 1 saturated heterocycles. The fraction of sp³-hybridized carbons (Fsp3) is 0.435. The van der Waals surface area contributed by atoms with Gasteiger partial charge in [0.25, 0.3) is 0 Å². The Bertz CT molecular complexity index is 783. The van der Waals surface area contributed by atoms with Crippen LogP contribution < -0.4 is 10.4 Å². The second-order valence-corrected chi connectivity index (χ2v) is 7.88. The van der Waals surface area contributed by atoms with E-state index in [9.17, 15) is 4.79 Å². The lowest BCUT2D eigenvalue weighted by atomic mass is 10.0. The van der Waals surface area contributed by atoms with E-state index in [1.165, 1.54) is 0 Å². The molecule has 1 aliphatic heterocycles. The summed E-state index contributed by atoms with van der Waals surface area (Å²) in [6.45, 7) is 5.89. The SMILES string of the molecule is CCOC(CCc1ccc(Cl)cc1)CC(=O)NO.Clc1ccccc1N1CCOCC1. The molecule has 0 saturated carbocycles. The third kappa shape index (κ3) is 9.46. The van der Waals surface area contributed by atoms with Gasteiger partial charge in [-0.1, -0.05) is 47.5 Å². The number of carbonyl (C=O) groups excluding carboxylic acids is 1. The first-order chi connectivity index (χ1) is 15.0. The zero-order valence-corrected chi connectivity index (χ0v) is 19.2. The van der Waals surface area contributed by atoms with Crippen molar-refractivity contribution in [3.63, 3.8) is 0 Å². The molecule has 0 radical (unpaired) electrons. The number of aryl methyl sites for hydroxylation is 1. The van der Waals surface area contributed by atoms with Crippen molar-refractivity contribution >= 4 is 34.8 Å². The number of halogens is 2. The van der Waals surface area contributed by atoms with Gasteiger partial charge in [0, 0.05) is 24.7 Å². The fourth-order valence-corrected chi connectivity index (χ4v) is 3.60. The van der Waals surface area contributed by atoms with Crippen molar-refractivity contribution in [3.8, 4) is 0 Å². The van der Waals surface area contributed by atoms with Crippen LogP contribution in [0.3, 0.4) is 0 Å². The van der Waals surface area contributed by atoms with Gasteiger partial charge in [0.2, 0.25) is 5.91 Å². The number of nitrogens with zero attached hydrogens (tertiary/aromatic N) is 1. The van der Waals surface area contributed by atoms with Gasteiger partial charge in [-0.05, 0) is 49.6 Å². The van der Waals surface area contributed by atoms with Gasteiger partial charge in [-0.3, -0.25) is 10.0 Å². The second-order valence-electron chi connectivity index (χ2n) is 7.03. The smallest absolute Gasteiger partial charge is 0.245 e. The molecule has 0 spiro atoms. The topological polar surface area (TPSA) is 71.0 Å². The Balaban J connectivity index is 0.000000231. The van der Waals surface area contributed by atoms with Crippen LogP contribution in [-0.2, 0) is 20.7 Å².